The van der Waals surface area contributed by atoms with Crippen molar-refractivity contribution in [2.24, 2.45) is 5.92 Å². The van der Waals surface area contributed by atoms with Gasteiger partial charge in [0.05, 0.1) is 12.0 Å². The number of nitriles is 1. The fourth-order valence-corrected chi connectivity index (χ4v) is 3.02. The Kier molecular flexibility index (Phi) is 3.45. The Morgan fingerprint density at radius 2 is 2.25 bits per heavy atom. The fourth-order valence-electron chi connectivity index (χ4n) is 3.02. The Bertz CT molecular complexity index is 310. The molecule has 0 bridgehead atoms. The standard InChI is InChI=1S/C12H19N3O/c1-9(16)14-11-5-6-15(8-11)12-4-2-3-10(12)7-13/h10-12H,2-6,8H2,1H3,(H,14,16). The maximum absolute atomic E-state index is 11.0. The number of amides is 1. The van der Waals surface area contributed by atoms with Crippen molar-refractivity contribution in [3.05, 3.63) is 0 Å². The molecule has 1 saturated heterocycles. The summed E-state index contributed by atoms with van der Waals surface area (Å²) in [6, 6.07) is 3.14. The zero-order valence-electron chi connectivity index (χ0n) is 9.78. The van der Waals surface area contributed by atoms with E-state index >= 15 is 0 Å². The number of nitrogens with zero attached hydrogens (tertiary/aromatic N) is 2. The summed E-state index contributed by atoms with van der Waals surface area (Å²) in [5.41, 5.74) is 0. The molecule has 1 N–H and O–H groups in total. The minimum absolute atomic E-state index is 0.0510. The van der Waals surface area contributed by atoms with Crippen LogP contribution in [0.2, 0.25) is 0 Å². The maximum Gasteiger partial charge on any atom is 0.217 e. The van der Waals surface area contributed by atoms with Gasteiger partial charge in [0.25, 0.3) is 0 Å². The van der Waals surface area contributed by atoms with E-state index in [2.05, 4.69) is 16.3 Å². The predicted octanol–water partition coefficient (Wildman–Crippen LogP) is 0.889. The third-order valence-corrected chi connectivity index (χ3v) is 3.74. The maximum atomic E-state index is 11.0. The van der Waals surface area contributed by atoms with Gasteiger partial charge in [-0.25, -0.2) is 0 Å². The molecule has 16 heavy (non-hydrogen) atoms. The molecule has 0 aromatic heterocycles. The molecule has 1 amide bonds. The van der Waals surface area contributed by atoms with Crippen molar-refractivity contribution in [3.63, 3.8) is 0 Å². The van der Waals surface area contributed by atoms with Crippen LogP contribution in [-0.4, -0.2) is 36.0 Å². The molecule has 1 aliphatic heterocycles. The molecule has 4 nitrogen and oxygen atoms in total. The molecule has 1 aliphatic carbocycles. The fraction of sp³-hybridized carbons (Fsp3) is 0.833. The van der Waals surface area contributed by atoms with Gasteiger partial charge in [-0.3, -0.25) is 9.69 Å². The quantitative estimate of drug-likeness (QED) is 0.753. The lowest BCUT2D eigenvalue weighted by molar-refractivity contribution is -0.119. The van der Waals surface area contributed by atoms with Crippen LogP contribution in [0.25, 0.3) is 0 Å². The summed E-state index contributed by atoms with van der Waals surface area (Å²) in [5, 5.41) is 12.0. The van der Waals surface area contributed by atoms with Gasteiger partial charge in [-0.15, -0.1) is 0 Å². The van der Waals surface area contributed by atoms with Crippen molar-refractivity contribution in [2.75, 3.05) is 13.1 Å². The van der Waals surface area contributed by atoms with E-state index in [-0.39, 0.29) is 17.9 Å². The second kappa shape index (κ2) is 4.84. The van der Waals surface area contributed by atoms with Gasteiger partial charge in [-0.05, 0) is 19.3 Å². The summed E-state index contributed by atoms with van der Waals surface area (Å²) in [6.07, 6.45) is 4.38. The molecule has 0 radical (unpaired) electrons. The molecule has 4 heteroatoms. The Labute approximate surface area is 96.6 Å². The van der Waals surface area contributed by atoms with Crippen LogP contribution in [0.15, 0.2) is 0 Å². The summed E-state index contributed by atoms with van der Waals surface area (Å²) in [5.74, 6) is 0.256. The van der Waals surface area contributed by atoms with E-state index in [4.69, 9.17) is 5.26 Å². The molecule has 1 heterocycles. The summed E-state index contributed by atoms with van der Waals surface area (Å²) >= 11 is 0. The van der Waals surface area contributed by atoms with E-state index in [1.54, 1.807) is 6.92 Å². The first kappa shape index (κ1) is 11.4. The van der Waals surface area contributed by atoms with Gasteiger partial charge in [0.2, 0.25) is 5.91 Å². The SMILES string of the molecule is CC(=O)NC1CCN(C2CCCC2C#N)C1. The number of nitrogens with one attached hydrogen (secondary N) is 1. The summed E-state index contributed by atoms with van der Waals surface area (Å²) in [7, 11) is 0. The first-order chi connectivity index (χ1) is 7.70. The van der Waals surface area contributed by atoms with E-state index in [0.717, 1.165) is 32.4 Å². The van der Waals surface area contributed by atoms with Gasteiger partial charge >= 0.3 is 0 Å². The molecule has 0 aromatic carbocycles. The van der Waals surface area contributed by atoms with Crippen molar-refractivity contribution in [3.8, 4) is 6.07 Å². The van der Waals surface area contributed by atoms with Crippen LogP contribution in [0.3, 0.4) is 0 Å². The highest BCUT2D eigenvalue weighted by molar-refractivity contribution is 5.73. The largest absolute Gasteiger partial charge is 0.352 e. The molecule has 3 atom stereocenters. The molecule has 1 saturated carbocycles. The molecule has 88 valence electrons. The second-order valence-corrected chi connectivity index (χ2v) is 4.91. The van der Waals surface area contributed by atoms with Crippen LogP contribution in [0.5, 0.6) is 0 Å². The highest BCUT2D eigenvalue weighted by Gasteiger charge is 2.36. The molecular formula is C12H19N3O. The monoisotopic (exact) mass is 221 g/mol. The van der Waals surface area contributed by atoms with E-state index in [1.807, 2.05) is 0 Å². The lowest BCUT2D eigenvalue weighted by Gasteiger charge is -2.26. The molecule has 2 rings (SSSR count). The Balaban J connectivity index is 1.88. The number of hydrogen-bond acceptors (Lipinski definition) is 3. The number of carbonyl (C=O) groups is 1. The van der Waals surface area contributed by atoms with Crippen molar-refractivity contribution >= 4 is 5.91 Å². The average Bonchev–Trinajstić information content (AvgIpc) is 2.83. The van der Waals surface area contributed by atoms with Crippen molar-refractivity contribution in [1.82, 2.24) is 10.2 Å². The zero-order valence-corrected chi connectivity index (χ0v) is 9.78. The minimum Gasteiger partial charge on any atom is -0.352 e. The minimum atomic E-state index is 0.0510. The van der Waals surface area contributed by atoms with Crippen LogP contribution in [0.4, 0.5) is 0 Å². The van der Waals surface area contributed by atoms with E-state index in [0.29, 0.717) is 6.04 Å². The molecule has 3 unspecified atom stereocenters. The van der Waals surface area contributed by atoms with Gasteiger partial charge in [-0.2, -0.15) is 5.26 Å². The zero-order chi connectivity index (χ0) is 11.5. The van der Waals surface area contributed by atoms with E-state index < -0.39 is 0 Å². The van der Waals surface area contributed by atoms with Crippen molar-refractivity contribution in [1.29, 1.82) is 5.26 Å². The molecule has 0 aromatic rings. The summed E-state index contributed by atoms with van der Waals surface area (Å²) in [6.45, 7) is 3.51. The molecular weight excluding hydrogens is 202 g/mol. The van der Waals surface area contributed by atoms with Crippen LogP contribution >= 0.6 is 0 Å². The van der Waals surface area contributed by atoms with Crippen LogP contribution in [-0.2, 0) is 4.79 Å². The second-order valence-electron chi connectivity index (χ2n) is 4.91. The Morgan fingerprint density at radius 3 is 2.94 bits per heavy atom. The number of carbonyl (C=O) groups excluding carboxylic acids is 1. The number of hydrogen-bond donors (Lipinski definition) is 1. The third-order valence-electron chi connectivity index (χ3n) is 3.74. The smallest absolute Gasteiger partial charge is 0.217 e. The highest BCUT2D eigenvalue weighted by atomic mass is 16.1. The van der Waals surface area contributed by atoms with Gasteiger partial charge < -0.3 is 5.32 Å². The van der Waals surface area contributed by atoms with Crippen molar-refractivity contribution < 1.29 is 4.79 Å². The lowest BCUT2D eigenvalue weighted by atomic mass is 10.0. The van der Waals surface area contributed by atoms with Gasteiger partial charge in [0.1, 0.15) is 0 Å². The summed E-state index contributed by atoms with van der Waals surface area (Å²) in [4.78, 5) is 13.4. The van der Waals surface area contributed by atoms with Crippen LogP contribution in [0, 0.1) is 17.2 Å². The van der Waals surface area contributed by atoms with Gasteiger partial charge in [0, 0.05) is 32.1 Å². The van der Waals surface area contributed by atoms with Gasteiger partial charge in [0.15, 0.2) is 0 Å². The van der Waals surface area contributed by atoms with Crippen molar-refractivity contribution in [2.45, 2.75) is 44.7 Å². The molecule has 2 aliphatic rings. The Morgan fingerprint density at radius 1 is 1.44 bits per heavy atom. The average molecular weight is 221 g/mol. The first-order valence-electron chi connectivity index (χ1n) is 6.11. The topological polar surface area (TPSA) is 56.1 Å². The van der Waals surface area contributed by atoms with Crippen LogP contribution in [0.1, 0.15) is 32.6 Å². The third kappa shape index (κ3) is 2.35. The number of likely N-dealkylation sites (tertiary alicyclic amines) is 1. The number of rotatable bonds is 2. The lowest BCUT2D eigenvalue weighted by Crippen LogP contribution is -2.40. The normalized spacial score (nSPS) is 34.9. The molecule has 0 spiro atoms. The first-order valence-corrected chi connectivity index (χ1v) is 6.11. The van der Waals surface area contributed by atoms with Gasteiger partial charge in [-0.1, -0.05) is 6.42 Å². The highest BCUT2D eigenvalue weighted by Crippen LogP contribution is 2.31. The van der Waals surface area contributed by atoms with Crippen LogP contribution < -0.4 is 5.32 Å². The Hall–Kier alpha value is -1.08. The van der Waals surface area contributed by atoms with E-state index in [9.17, 15) is 4.79 Å². The summed E-state index contributed by atoms with van der Waals surface area (Å²) < 4.78 is 0. The predicted molar refractivity (Wildman–Crippen MR) is 60.5 cm³/mol. The molecule has 2 fully saturated rings. The van der Waals surface area contributed by atoms with E-state index in [1.165, 1.54) is 6.42 Å².